The summed E-state index contributed by atoms with van der Waals surface area (Å²) in [6.07, 6.45) is 2.96. The van der Waals surface area contributed by atoms with Crippen molar-refractivity contribution >= 4 is 29.5 Å². The molecule has 0 aromatic heterocycles. The molecule has 7 nitrogen and oxygen atoms in total. The predicted molar refractivity (Wildman–Crippen MR) is 177 cm³/mol. The first-order chi connectivity index (χ1) is 20.5. The average Bonchev–Trinajstić information content (AvgIpc) is 3.16. The van der Waals surface area contributed by atoms with Gasteiger partial charge in [-0.05, 0) is 54.4 Å². The Morgan fingerprint density at radius 1 is 0.907 bits per heavy atom. The summed E-state index contributed by atoms with van der Waals surface area (Å²) in [6.45, 7) is 16.4. The molecule has 8 heteroatoms. The Kier molecular flexibility index (Phi) is 16.4. The van der Waals surface area contributed by atoms with E-state index in [0.717, 1.165) is 17.9 Å². The number of thioether (sulfide) groups is 1. The van der Waals surface area contributed by atoms with Crippen molar-refractivity contribution < 1.29 is 19.1 Å². The number of ether oxygens (including phenoxy) is 1. The molecule has 0 unspecified atom stereocenters. The quantitative estimate of drug-likeness (QED) is 0.250. The molecule has 1 aliphatic heterocycles. The molecule has 2 aromatic rings. The van der Waals surface area contributed by atoms with Crippen LogP contribution in [0.15, 0.2) is 53.4 Å². The number of hydrogen-bond acceptors (Lipinski definition) is 6. The number of benzene rings is 2. The van der Waals surface area contributed by atoms with E-state index in [-0.39, 0.29) is 36.7 Å². The van der Waals surface area contributed by atoms with E-state index >= 15 is 0 Å². The van der Waals surface area contributed by atoms with Crippen molar-refractivity contribution in [1.82, 2.24) is 15.5 Å². The zero-order valence-electron chi connectivity index (χ0n) is 27.3. The van der Waals surface area contributed by atoms with Crippen molar-refractivity contribution in [2.24, 2.45) is 11.8 Å². The van der Waals surface area contributed by atoms with Crippen LogP contribution in [-0.4, -0.2) is 53.6 Å². The van der Waals surface area contributed by atoms with E-state index in [9.17, 15) is 14.4 Å². The van der Waals surface area contributed by atoms with Crippen LogP contribution in [0.1, 0.15) is 83.9 Å². The number of amides is 2. The molecule has 0 aliphatic carbocycles. The second kappa shape index (κ2) is 19.4. The Balaban J connectivity index is 0.00000151. The van der Waals surface area contributed by atoms with Gasteiger partial charge < -0.3 is 15.4 Å². The number of nitrogens with one attached hydrogen (secondary N) is 2. The van der Waals surface area contributed by atoms with E-state index in [0.29, 0.717) is 19.4 Å². The van der Waals surface area contributed by atoms with Crippen molar-refractivity contribution in [2.45, 2.75) is 104 Å². The maximum absolute atomic E-state index is 13.5. The number of unbranched alkanes of at least 4 members (excludes halogenated alkanes) is 1. The van der Waals surface area contributed by atoms with Crippen LogP contribution in [0.3, 0.4) is 0 Å². The zero-order chi connectivity index (χ0) is 31.8. The fraction of sp³-hybridized carbons (Fsp3) is 0.571. The lowest BCUT2D eigenvalue weighted by Crippen LogP contribution is -2.53. The molecule has 2 aromatic carbocycles. The number of nitrogens with zero attached hydrogens (tertiary/aromatic N) is 1. The first-order valence-electron chi connectivity index (χ1n) is 15.8. The van der Waals surface area contributed by atoms with Gasteiger partial charge in [0.2, 0.25) is 5.91 Å². The maximum atomic E-state index is 13.5. The molecule has 43 heavy (non-hydrogen) atoms. The lowest BCUT2D eigenvalue weighted by molar-refractivity contribution is -0.130. The van der Waals surface area contributed by atoms with Crippen molar-refractivity contribution in [3.63, 3.8) is 0 Å². The summed E-state index contributed by atoms with van der Waals surface area (Å²) in [5, 5.41) is 5.70. The van der Waals surface area contributed by atoms with E-state index in [4.69, 9.17) is 4.74 Å². The van der Waals surface area contributed by atoms with E-state index in [1.165, 1.54) is 28.9 Å². The van der Waals surface area contributed by atoms with Crippen LogP contribution in [0, 0.1) is 18.8 Å². The van der Waals surface area contributed by atoms with Crippen molar-refractivity contribution in [1.29, 1.82) is 0 Å². The molecule has 0 saturated heterocycles. The maximum Gasteiger partial charge on any atom is 0.408 e. The molecule has 2 atom stereocenters. The number of ketones is 1. The van der Waals surface area contributed by atoms with Crippen molar-refractivity contribution in [3.05, 3.63) is 65.2 Å². The lowest BCUT2D eigenvalue weighted by Gasteiger charge is -2.27. The molecule has 2 amide bonds. The fourth-order valence-corrected chi connectivity index (χ4v) is 5.78. The molecular weight excluding hydrogens is 558 g/mol. The minimum absolute atomic E-state index is 0.00689. The summed E-state index contributed by atoms with van der Waals surface area (Å²) in [7, 11) is 0. The van der Waals surface area contributed by atoms with Gasteiger partial charge in [-0.3, -0.25) is 14.5 Å². The fourth-order valence-electron chi connectivity index (χ4n) is 4.62. The van der Waals surface area contributed by atoms with Gasteiger partial charge in [-0.1, -0.05) is 96.8 Å². The predicted octanol–water partition coefficient (Wildman–Crippen LogP) is 7.15. The third kappa shape index (κ3) is 14.0. The Hall–Kier alpha value is -2.84. The normalized spacial score (nSPS) is 14.5. The number of rotatable bonds is 13. The van der Waals surface area contributed by atoms with Gasteiger partial charge >= 0.3 is 6.09 Å². The Morgan fingerprint density at radius 3 is 2.19 bits per heavy atom. The van der Waals surface area contributed by atoms with Crippen molar-refractivity contribution in [3.8, 4) is 0 Å². The molecule has 0 fully saturated rings. The van der Waals surface area contributed by atoms with Crippen LogP contribution in [0.5, 0.6) is 0 Å². The summed E-state index contributed by atoms with van der Waals surface area (Å²) in [4.78, 5) is 42.9. The van der Waals surface area contributed by atoms with E-state index < -0.39 is 18.2 Å². The van der Waals surface area contributed by atoms with E-state index in [1.807, 2.05) is 69.8 Å². The largest absolute Gasteiger partial charge is 0.445 e. The van der Waals surface area contributed by atoms with Gasteiger partial charge in [-0.15, -0.1) is 11.8 Å². The molecule has 1 aliphatic rings. The second-order valence-electron chi connectivity index (χ2n) is 12.2. The minimum atomic E-state index is -0.791. The number of hydrogen-bond donors (Lipinski definition) is 2. The van der Waals surface area contributed by atoms with Crippen LogP contribution in [0.2, 0.25) is 0 Å². The highest BCUT2D eigenvalue weighted by Gasteiger charge is 2.29. The number of Topliss-reactive ketones (excluding diaryl/α,β-unsaturated/α-hetero) is 1. The molecule has 3 rings (SSSR count). The molecule has 0 bridgehead atoms. The molecule has 238 valence electrons. The summed E-state index contributed by atoms with van der Waals surface area (Å²) in [5.41, 5.74) is 3.33. The van der Waals surface area contributed by atoms with Gasteiger partial charge in [-0.25, -0.2) is 4.79 Å². The van der Waals surface area contributed by atoms with Gasteiger partial charge in [-0.2, -0.15) is 0 Å². The van der Waals surface area contributed by atoms with Gasteiger partial charge in [0.05, 0.1) is 12.6 Å². The van der Waals surface area contributed by atoms with Crippen LogP contribution in [0.4, 0.5) is 4.79 Å². The first-order valence-corrected chi connectivity index (χ1v) is 16.8. The topological polar surface area (TPSA) is 87.7 Å². The molecule has 2 N–H and O–H groups in total. The van der Waals surface area contributed by atoms with Crippen LogP contribution in [0.25, 0.3) is 0 Å². The Morgan fingerprint density at radius 2 is 1.56 bits per heavy atom. The van der Waals surface area contributed by atoms with Crippen LogP contribution >= 0.6 is 11.8 Å². The number of fused-ring (bicyclic) bond motifs is 1. The summed E-state index contributed by atoms with van der Waals surface area (Å²) in [6, 6.07) is 14.4. The number of carbonyl (C=O) groups excluding carboxylic acids is 3. The first kappa shape index (κ1) is 36.4. The monoisotopic (exact) mass is 611 g/mol. The average molecular weight is 612 g/mol. The van der Waals surface area contributed by atoms with Gasteiger partial charge in [0.1, 0.15) is 12.6 Å². The summed E-state index contributed by atoms with van der Waals surface area (Å²) < 4.78 is 5.35. The summed E-state index contributed by atoms with van der Waals surface area (Å²) >= 11 is 1.83. The third-order valence-corrected chi connectivity index (χ3v) is 8.18. The Bertz CT molecular complexity index is 1140. The third-order valence-electron chi connectivity index (χ3n) is 7.10. The standard InChI is InChI=1S/C31H43N3O4S.C4H10/c1-21(2)15-26(28(35)19-34-13-14-39-29-17-23(5)11-12-25(29)18-34)32-30(36)27(16-22(3)4)33-31(37)38-20-24-9-7-6-8-10-24;1-3-4-2/h6-12,17,21-22,26-27H,13-16,18-20H2,1-5H3,(H,32,36)(H,33,37);3-4H2,1-2H3/t26-,27-;/m0./s1. The van der Waals surface area contributed by atoms with Gasteiger partial charge in [0, 0.05) is 23.7 Å². The van der Waals surface area contributed by atoms with Gasteiger partial charge in [0.25, 0.3) is 0 Å². The van der Waals surface area contributed by atoms with Gasteiger partial charge in [0.15, 0.2) is 5.78 Å². The zero-order valence-corrected chi connectivity index (χ0v) is 28.1. The minimum Gasteiger partial charge on any atom is -0.445 e. The summed E-state index contributed by atoms with van der Waals surface area (Å²) in [5.74, 6) is 0.929. The highest BCUT2D eigenvalue weighted by atomic mass is 32.2. The Labute approximate surface area is 263 Å². The molecule has 0 radical (unpaired) electrons. The van der Waals surface area contributed by atoms with Crippen LogP contribution in [-0.2, 0) is 27.5 Å². The van der Waals surface area contributed by atoms with E-state index in [1.54, 1.807) is 0 Å². The highest BCUT2D eigenvalue weighted by Crippen LogP contribution is 2.28. The second-order valence-corrected chi connectivity index (χ2v) is 13.4. The number of carbonyl (C=O) groups is 3. The van der Waals surface area contributed by atoms with Crippen LogP contribution < -0.4 is 10.6 Å². The SMILES string of the molecule is CCCC.Cc1ccc2c(c1)SCCN(CC(=O)[C@H](CC(C)C)NC(=O)[C@H](CC(C)C)NC(=O)OCc1ccccc1)C2. The lowest BCUT2D eigenvalue weighted by atomic mass is 9.98. The van der Waals surface area contributed by atoms with Crippen molar-refractivity contribution in [2.75, 3.05) is 18.8 Å². The molecule has 1 heterocycles. The van der Waals surface area contributed by atoms with E-state index in [2.05, 4.69) is 54.5 Å². The molecule has 0 saturated carbocycles. The smallest absolute Gasteiger partial charge is 0.408 e. The molecule has 0 spiro atoms. The molecular formula is C35H53N3O4S. The highest BCUT2D eigenvalue weighted by molar-refractivity contribution is 7.99. The number of aryl methyl sites for hydroxylation is 1. The number of alkyl carbamates (subject to hydrolysis) is 1.